The van der Waals surface area contributed by atoms with Crippen LogP contribution in [0.1, 0.15) is 0 Å². The number of hydrogen-bond acceptors (Lipinski definition) is 5. The van der Waals surface area contributed by atoms with Crippen molar-refractivity contribution in [3.63, 3.8) is 0 Å². The maximum Gasteiger partial charge on any atom is 0.173 e. The lowest BCUT2D eigenvalue weighted by atomic mass is 10.3. The van der Waals surface area contributed by atoms with Gasteiger partial charge in [-0.2, -0.15) is 0 Å². The molecule has 0 fully saturated rings. The van der Waals surface area contributed by atoms with E-state index in [-0.39, 0.29) is 0 Å². The van der Waals surface area contributed by atoms with Crippen LogP contribution in [0.5, 0.6) is 5.75 Å². The van der Waals surface area contributed by atoms with Gasteiger partial charge in [-0.15, -0.1) is 0 Å². The van der Waals surface area contributed by atoms with E-state index in [1.165, 1.54) is 6.20 Å². The first kappa shape index (κ1) is 13.1. The average molecular weight is 374 g/mol. The monoisotopic (exact) mass is 372 g/mol. The molecule has 18 heavy (non-hydrogen) atoms. The number of halogens is 2. The van der Waals surface area contributed by atoms with Gasteiger partial charge in [-0.1, -0.05) is 0 Å². The Balaban J connectivity index is 2.38. The first-order chi connectivity index (χ1) is 8.61. The summed E-state index contributed by atoms with van der Waals surface area (Å²) in [5.74, 6) is 1.55. The molecule has 2 aromatic rings. The highest BCUT2D eigenvalue weighted by Crippen LogP contribution is 2.36. The highest BCUT2D eigenvalue weighted by molar-refractivity contribution is 9.11. The Bertz CT molecular complexity index is 577. The van der Waals surface area contributed by atoms with E-state index in [0.717, 1.165) is 14.6 Å². The normalized spacial score (nSPS) is 10.2. The molecule has 94 valence electrons. The van der Waals surface area contributed by atoms with Crippen molar-refractivity contribution < 1.29 is 4.74 Å². The lowest BCUT2D eigenvalue weighted by molar-refractivity contribution is 0.412. The molecule has 0 saturated heterocycles. The van der Waals surface area contributed by atoms with Crippen LogP contribution in [0.4, 0.5) is 17.3 Å². The fourth-order valence-electron chi connectivity index (χ4n) is 1.35. The van der Waals surface area contributed by atoms with Crippen molar-refractivity contribution in [2.75, 3.05) is 18.2 Å². The Kier molecular flexibility index (Phi) is 4.03. The molecule has 7 heteroatoms. The molecule has 5 nitrogen and oxygen atoms in total. The van der Waals surface area contributed by atoms with Crippen LogP contribution in [0, 0.1) is 0 Å². The van der Waals surface area contributed by atoms with Crippen molar-refractivity contribution in [3.8, 4) is 5.75 Å². The summed E-state index contributed by atoms with van der Waals surface area (Å²) >= 11 is 6.86. The molecule has 1 heterocycles. The number of nitrogens with two attached hydrogens (primary N) is 1. The van der Waals surface area contributed by atoms with Crippen LogP contribution in [0.3, 0.4) is 0 Å². The third-order valence-corrected chi connectivity index (χ3v) is 3.50. The molecule has 0 aliphatic rings. The van der Waals surface area contributed by atoms with Crippen molar-refractivity contribution in [2.45, 2.75) is 0 Å². The van der Waals surface area contributed by atoms with E-state index in [0.29, 0.717) is 17.4 Å². The highest BCUT2D eigenvalue weighted by atomic mass is 79.9. The summed E-state index contributed by atoms with van der Waals surface area (Å²) in [6.45, 7) is 0. The minimum Gasteiger partial charge on any atom is -0.495 e. The Labute approximate surface area is 121 Å². The lowest BCUT2D eigenvalue weighted by Crippen LogP contribution is -2.01. The number of hydrogen-bond donors (Lipinski definition) is 2. The van der Waals surface area contributed by atoms with E-state index in [1.807, 2.05) is 12.1 Å². The van der Waals surface area contributed by atoms with Crippen LogP contribution in [0.15, 0.2) is 33.5 Å². The third-order valence-electron chi connectivity index (χ3n) is 2.22. The summed E-state index contributed by atoms with van der Waals surface area (Å²) < 4.78 is 6.95. The molecule has 1 aromatic carbocycles. The van der Waals surface area contributed by atoms with E-state index in [1.54, 1.807) is 13.3 Å². The van der Waals surface area contributed by atoms with Gasteiger partial charge in [0.05, 0.1) is 17.3 Å². The van der Waals surface area contributed by atoms with Gasteiger partial charge in [-0.25, -0.2) is 9.97 Å². The molecule has 2 rings (SSSR count). The van der Waals surface area contributed by atoms with Gasteiger partial charge in [0.25, 0.3) is 0 Å². The van der Waals surface area contributed by atoms with Gasteiger partial charge in [0, 0.05) is 22.9 Å². The number of nitrogen functional groups attached to an aromatic ring is 1. The number of nitrogens with zero attached hydrogens (tertiary/aromatic N) is 2. The lowest BCUT2D eigenvalue weighted by Gasteiger charge is -2.12. The van der Waals surface area contributed by atoms with Crippen molar-refractivity contribution in [1.29, 1.82) is 0 Å². The van der Waals surface area contributed by atoms with Gasteiger partial charge in [-0.3, -0.25) is 0 Å². The summed E-state index contributed by atoms with van der Waals surface area (Å²) in [6, 6.07) is 3.72. The second kappa shape index (κ2) is 5.53. The Hall–Kier alpha value is -1.34. The van der Waals surface area contributed by atoms with E-state index >= 15 is 0 Å². The number of ether oxygens (including phenoxy) is 1. The van der Waals surface area contributed by atoms with Crippen molar-refractivity contribution >= 4 is 49.2 Å². The molecular formula is C11H10Br2N4O. The molecule has 0 unspecified atom stereocenters. The summed E-state index contributed by atoms with van der Waals surface area (Å²) in [5, 5.41) is 3.10. The van der Waals surface area contributed by atoms with Crippen LogP contribution in [0.25, 0.3) is 0 Å². The summed E-state index contributed by atoms with van der Waals surface area (Å²) in [4.78, 5) is 8.08. The fourth-order valence-corrected chi connectivity index (χ4v) is 2.61. The first-order valence-electron chi connectivity index (χ1n) is 4.98. The molecule has 0 spiro atoms. The maximum absolute atomic E-state index is 5.73. The fraction of sp³-hybridized carbons (Fsp3) is 0.0909. The highest BCUT2D eigenvalue weighted by Gasteiger charge is 2.09. The molecule has 0 amide bonds. The third kappa shape index (κ3) is 2.73. The number of methoxy groups -OCH3 is 1. The number of nitrogens with one attached hydrogen (secondary N) is 1. The predicted molar refractivity (Wildman–Crippen MR) is 78.1 cm³/mol. The predicted octanol–water partition coefficient (Wildman–Crippen LogP) is 3.34. The van der Waals surface area contributed by atoms with E-state index < -0.39 is 0 Å². The Morgan fingerprint density at radius 2 is 1.89 bits per heavy atom. The molecule has 0 aliphatic carbocycles. The smallest absolute Gasteiger partial charge is 0.173 e. The van der Waals surface area contributed by atoms with E-state index in [2.05, 4.69) is 47.1 Å². The van der Waals surface area contributed by atoms with Gasteiger partial charge < -0.3 is 15.8 Å². The minimum absolute atomic E-state index is 0.339. The quantitative estimate of drug-likeness (QED) is 0.863. The van der Waals surface area contributed by atoms with Gasteiger partial charge in [0.2, 0.25) is 0 Å². The molecule has 0 saturated carbocycles. The standard InChI is InChI=1S/C11H10Br2N4O/c1-18-9-5-8(6(12)4-7(9)13)17-11-10(14)15-2-3-16-11/h2-5H,1H3,(H2,14,15)(H,16,17). The van der Waals surface area contributed by atoms with E-state index in [4.69, 9.17) is 10.5 Å². The largest absolute Gasteiger partial charge is 0.495 e. The van der Waals surface area contributed by atoms with E-state index in [9.17, 15) is 0 Å². The van der Waals surface area contributed by atoms with Crippen LogP contribution in [-0.2, 0) is 0 Å². The second-order valence-corrected chi connectivity index (χ2v) is 5.09. The second-order valence-electron chi connectivity index (χ2n) is 3.38. The summed E-state index contributed by atoms with van der Waals surface area (Å²) in [6.07, 6.45) is 3.11. The first-order valence-corrected chi connectivity index (χ1v) is 6.57. The van der Waals surface area contributed by atoms with Gasteiger partial charge >= 0.3 is 0 Å². The van der Waals surface area contributed by atoms with Crippen LogP contribution in [0.2, 0.25) is 0 Å². The molecule has 0 atom stereocenters. The molecule has 0 bridgehead atoms. The topological polar surface area (TPSA) is 73.1 Å². The molecule has 0 aliphatic heterocycles. The Morgan fingerprint density at radius 1 is 1.17 bits per heavy atom. The molecule has 1 aromatic heterocycles. The molecule has 3 N–H and O–H groups in total. The van der Waals surface area contributed by atoms with Crippen LogP contribution >= 0.6 is 31.9 Å². The maximum atomic E-state index is 5.73. The SMILES string of the molecule is COc1cc(Nc2nccnc2N)c(Br)cc1Br. The summed E-state index contributed by atoms with van der Waals surface area (Å²) in [7, 11) is 1.61. The van der Waals surface area contributed by atoms with Gasteiger partial charge in [0.15, 0.2) is 11.6 Å². The van der Waals surface area contributed by atoms with Crippen molar-refractivity contribution in [2.24, 2.45) is 0 Å². The zero-order valence-corrected chi connectivity index (χ0v) is 12.6. The van der Waals surface area contributed by atoms with Crippen LogP contribution in [-0.4, -0.2) is 17.1 Å². The zero-order chi connectivity index (χ0) is 13.1. The van der Waals surface area contributed by atoms with Crippen LogP contribution < -0.4 is 15.8 Å². The number of benzene rings is 1. The van der Waals surface area contributed by atoms with Gasteiger partial charge in [-0.05, 0) is 37.9 Å². The van der Waals surface area contributed by atoms with Crippen molar-refractivity contribution in [3.05, 3.63) is 33.5 Å². The summed E-state index contributed by atoms with van der Waals surface area (Å²) in [5.41, 5.74) is 6.52. The molecular weight excluding hydrogens is 364 g/mol. The Morgan fingerprint density at radius 3 is 2.56 bits per heavy atom. The average Bonchev–Trinajstić information content (AvgIpc) is 2.35. The molecule has 0 radical (unpaired) electrons. The minimum atomic E-state index is 0.339. The number of anilines is 3. The number of aromatic nitrogens is 2. The van der Waals surface area contributed by atoms with Crippen molar-refractivity contribution in [1.82, 2.24) is 9.97 Å². The van der Waals surface area contributed by atoms with Gasteiger partial charge in [0.1, 0.15) is 5.75 Å². The number of rotatable bonds is 3. The zero-order valence-electron chi connectivity index (χ0n) is 9.45.